The fourth-order valence-corrected chi connectivity index (χ4v) is 3.08. The molecule has 1 saturated carbocycles. The second kappa shape index (κ2) is 3.30. The molecule has 74 valence electrons. The molecule has 1 heteroatoms. The molecule has 0 unspecified atom stereocenters. The molecule has 14 heavy (non-hydrogen) atoms. The molecule has 3 rings (SSSR count). The molecular formula is C13H17N. The third-order valence-corrected chi connectivity index (χ3v) is 3.82. The minimum absolute atomic E-state index is 0.848. The Labute approximate surface area is 85.5 Å². The maximum absolute atomic E-state index is 3.56. The predicted molar refractivity (Wildman–Crippen MR) is 59.6 cm³/mol. The first-order valence-corrected chi connectivity index (χ1v) is 5.78. The van der Waals surface area contributed by atoms with Gasteiger partial charge in [0.15, 0.2) is 0 Å². The first kappa shape index (κ1) is 8.34. The van der Waals surface area contributed by atoms with E-state index in [4.69, 9.17) is 0 Å². The molecule has 1 aliphatic carbocycles. The molecule has 1 fully saturated rings. The van der Waals surface area contributed by atoms with Crippen LogP contribution in [0.25, 0.3) is 0 Å². The van der Waals surface area contributed by atoms with Crippen molar-refractivity contribution in [2.75, 3.05) is 11.9 Å². The zero-order valence-electron chi connectivity index (χ0n) is 8.50. The fraction of sp³-hybridized carbons (Fsp3) is 0.538. The van der Waals surface area contributed by atoms with Crippen molar-refractivity contribution in [3.63, 3.8) is 0 Å². The summed E-state index contributed by atoms with van der Waals surface area (Å²) in [6.07, 6.45) is 5.69. The van der Waals surface area contributed by atoms with E-state index in [0.29, 0.717) is 0 Å². The maximum atomic E-state index is 3.56. The van der Waals surface area contributed by atoms with E-state index in [9.17, 15) is 0 Å². The quantitative estimate of drug-likeness (QED) is 0.656. The van der Waals surface area contributed by atoms with E-state index in [1.807, 2.05) is 0 Å². The standard InChI is InChI=1S/C13H17N/c1-2-6-11-10(5-1)9-14-13-8-4-3-7-12(11)13/h3-4,7-8,10-11,14H,1-2,5-6,9H2/t10-,11+/m1/s1. The summed E-state index contributed by atoms with van der Waals surface area (Å²) in [7, 11) is 0. The van der Waals surface area contributed by atoms with E-state index in [2.05, 4.69) is 29.6 Å². The highest BCUT2D eigenvalue weighted by Gasteiger charge is 2.30. The second-order valence-electron chi connectivity index (χ2n) is 4.62. The van der Waals surface area contributed by atoms with Crippen molar-refractivity contribution in [1.82, 2.24) is 0 Å². The second-order valence-corrected chi connectivity index (χ2v) is 4.62. The largest absolute Gasteiger partial charge is 0.385 e. The highest BCUT2D eigenvalue weighted by molar-refractivity contribution is 5.55. The first-order chi connectivity index (χ1) is 6.95. The van der Waals surface area contributed by atoms with Crippen LogP contribution in [0.2, 0.25) is 0 Å². The lowest BCUT2D eigenvalue weighted by Crippen LogP contribution is -2.30. The van der Waals surface area contributed by atoms with Gasteiger partial charge in [0.1, 0.15) is 0 Å². The highest BCUT2D eigenvalue weighted by Crippen LogP contribution is 2.43. The van der Waals surface area contributed by atoms with Crippen LogP contribution in [0.4, 0.5) is 5.69 Å². The normalized spacial score (nSPS) is 30.0. The predicted octanol–water partition coefficient (Wildman–Crippen LogP) is 3.39. The molecule has 1 nitrogen and oxygen atoms in total. The highest BCUT2D eigenvalue weighted by atomic mass is 14.9. The van der Waals surface area contributed by atoms with E-state index < -0.39 is 0 Å². The maximum Gasteiger partial charge on any atom is 0.0375 e. The summed E-state index contributed by atoms with van der Waals surface area (Å²) in [6.45, 7) is 1.20. The van der Waals surface area contributed by atoms with Crippen LogP contribution in [-0.2, 0) is 0 Å². The third kappa shape index (κ3) is 1.23. The summed E-state index contributed by atoms with van der Waals surface area (Å²) in [5.74, 6) is 1.75. The molecule has 0 spiro atoms. The van der Waals surface area contributed by atoms with Gasteiger partial charge in [-0.1, -0.05) is 31.0 Å². The number of rotatable bonds is 0. The lowest BCUT2D eigenvalue weighted by Gasteiger charge is -2.37. The van der Waals surface area contributed by atoms with E-state index in [1.165, 1.54) is 37.9 Å². The van der Waals surface area contributed by atoms with Crippen LogP contribution in [0, 0.1) is 5.92 Å². The van der Waals surface area contributed by atoms with Crippen molar-refractivity contribution >= 4 is 5.69 Å². The lowest BCUT2D eigenvalue weighted by molar-refractivity contribution is 0.313. The smallest absolute Gasteiger partial charge is 0.0375 e. The molecule has 2 aliphatic rings. The number of fused-ring (bicyclic) bond motifs is 3. The van der Waals surface area contributed by atoms with Gasteiger partial charge in [0.25, 0.3) is 0 Å². The van der Waals surface area contributed by atoms with Gasteiger partial charge in [-0.05, 0) is 36.3 Å². The zero-order chi connectivity index (χ0) is 9.38. The van der Waals surface area contributed by atoms with Gasteiger partial charge in [0, 0.05) is 12.2 Å². The molecule has 0 saturated heterocycles. The Morgan fingerprint density at radius 2 is 1.93 bits per heavy atom. The molecule has 0 radical (unpaired) electrons. The SMILES string of the molecule is c1ccc2c(c1)NC[C@H]1CCCC[C@H]21. The van der Waals surface area contributed by atoms with Crippen LogP contribution in [0.5, 0.6) is 0 Å². The Morgan fingerprint density at radius 3 is 2.93 bits per heavy atom. The molecule has 1 N–H and O–H groups in total. The summed E-state index contributed by atoms with van der Waals surface area (Å²) in [5, 5.41) is 3.56. The molecule has 1 heterocycles. The number of anilines is 1. The molecule has 0 amide bonds. The van der Waals surface area contributed by atoms with Gasteiger partial charge in [0.05, 0.1) is 0 Å². The summed E-state index contributed by atoms with van der Waals surface area (Å²) >= 11 is 0. The Bertz CT molecular complexity index is 332. The zero-order valence-corrected chi connectivity index (χ0v) is 8.50. The first-order valence-electron chi connectivity index (χ1n) is 5.78. The third-order valence-electron chi connectivity index (χ3n) is 3.82. The van der Waals surface area contributed by atoms with Crippen LogP contribution in [-0.4, -0.2) is 6.54 Å². The van der Waals surface area contributed by atoms with Gasteiger partial charge in [-0.3, -0.25) is 0 Å². The van der Waals surface area contributed by atoms with Crippen molar-refractivity contribution in [3.8, 4) is 0 Å². The average molecular weight is 187 g/mol. The van der Waals surface area contributed by atoms with Gasteiger partial charge < -0.3 is 5.32 Å². The molecule has 0 aromatic heterocycles. The molecule has 0 bridgehead atoms. The number of benzene rings is 1. The molecule has 1 aromatic carbocycles. The number of hydrogen-bond acceptors (Lipinski definition) is 1. The van der Waals surface area contributed by atoms with Gasteiger partial charge in [-0.15, -0.1) is 0 Å². The number of hydrogen-bond donors (Lipinski definition) is 1. The summed E-state index contributed by atoms with van der Waals surface area (Å²) < 4.78 is 0. The van der Waals surface area contributed by atoms with Crippen LogP contribution in [0.3, 0.4) is 0 Å². The van der Waals surface area contributed by atoms with E-state index in [1.54, 1.807) is 5.56 Å². The minimum Gasteiger partial charge on any atom is -0.385 e. The van der Waals surface area contributed by atoms with Crippen molar-refractivity contribution < 1.29 is 0 Å². The van der Waals surface area contributed by atoms with Crippen molar-refractivity contribution in [1.29, 1.82) is 0 Å². The number of nitrogens with one attached hydrogen (secondary N) is 1. The Kier molecular flexibility index (Phi) is 1.97. The molecule has 1 aromatic rings. The van der Waals surface area contributed by atoms with E-state index in [0.717, 1.165) is 11.8 Å². The van der Waals surface area contributed by atoms with Crippen molar-refractivity contribution in [2.45, 2.75) is 31.6 Å². The van der Waals surface area contributed by atoms with Gasteiger partial charge >= 0.3 is 0 Å². The fourth-order valence-electron chi connectivity index (χ4n) is 3.08. The Morgan fingerprint density at radius 1 is 1.07 bits per heavy atom. The minimum atomic E-state index is 0.848. The summed E-state index contributed by atoms with van der Waals surface area (Å²) in [6, 6.07) is 8.84. The number of para-hydroxylation sites is 1. The molecule has 2 atom stereocenters. The van der Waals surface area contributed by atoms with E-state index >= 15 is 0 Å². The Hall–Kier alpha value is -0.980. The average Bonchev–Trinajstić information content (AvgIpc) is 2.29. The topological polar surface area (TPSA) is 12.0 Å². The molecular weight excluding hydrogens is 170 g/mol. The Balaban J connectivity index is 1.99. The van der Waals surface area contributed by atoms with E-state index in [-0.39, 0.29) is 0 Å². The van der Waals surface area contributed by atoms with Crippen LogP contribution in [0.15, 0.2) is 24.3 Å². The van der Waals surface area contributed by atoms with Crippen LogP contribution in [0.1, 0.15) is 37.2 Å². The van der Waals surface area contributed by atoms with Crippen LogP contribution >= 0.6 is 0 Å². The van der Waals surface area contributed by atoms with Gasteiger partial charge in [-0.25, -0.2) is 0 Å². The van der Waals surface area contributed by atoms with Gasteiger partial charge in [-0.2, -0.15) is 0 Å². The van der Waals surface area contributed by atoms with Crippen molar-refractivity contribution in [2.24, 2.45) is 5.92 Å². The lowest BCUT2D eigenvalue weighted by atomic mass is 9.73. The van der Waals surface area contributed by atoms with Crippen LogP contribution < -0.4 is 5.32 Å². The van der Waals surface area contributed by atoms with Gasteiger partial charge in [0.2, 0.25) is 0 Å². The summed E-state index contributed by atoms with van der Waals surface area (Å²) in [4.78, 5) is 0. The summed E-state index contributed by atoms with van der Waals surface area (Å²) in [5.41, 5.74) is 2.96. The molecule has 1 aliphatic heterocycles. The monoisotopic (exact) mass is 187 g/mol. The van der Waals surface area contributed by atoms with Crippen molar-refractivity contribution in [3.05, 3.63) is 29.8 Å².